The molecule has 0 aliphatic carbocycles. The Balaban J connectivity index is 2.96. The second kappa shape index (κ2) is 4.41. The zero-order valence-electron chi connectivity index (χ0n) is 8.30. The Morgan fingerprint density at radius 1 is 1.36 bits per heavy atom. The second-order valence-electron chi connectivity index (χ2n) is 3.85. The predicted molar refractivity (Wildman–Crippen MR) is 59.2 cm³/mol. The molecule has 0 saturated carbocycles. The molecular formula is C11H14BrFO. The number of aliphatic hydroxyl groups excluding tert-OH is 1. The Kier molecular flexibility index (Phi) is 3.67. The Bertz CT molecular complexity index is 289. The maximum Gasteiger partial charge on any atom is 0.114 e. The van der Waals surface area contributed by atoms with Crippen molar-refractivity contribution in [1.29, 1.82) is 0 Å². The molecule has 1 aromatic rings. The summed E-state index contributed by atoms with van der Waals surface area (Å²) < 4.78 is 14.6. The lowest BCUT2D eigenvalue weighted by Crippen LogP contribution is -2.26. The van der Waals surface area contributed by atoms with Crippen LogP contribution in [0.4, 0.5) is 4.39 Å². The summed E-state index contributed by atoms with van der Waals surface area (Å²) in [4.78, 5) is 0. The van der Waals surface area contributed by atoms with E-state index in [1.54, 1.807) is 0 Å². The zero-order chi connectivity index (χ0) is 10.8. The van der Waals surface area contributed by atoms with Gasteiger partial charge in [0.25, 0.3) is 0 Å². The summed E-state index contributed by atoms with van der Waals surface area (Å²) in [7, 11) is 0. The highest BCUT2D eigenvalue weighted by atomic mass is 79.9. The lowest BCUT2D eigenvalue weighted by molar-refractivity contribution is 0.119. The maximum absolute atomic E-state index is 13.7. The van der Waals surface area contributed by atoms with Crippen molar-refractivity contribution in [1.82, 2.24) is 0 Å². The Morgan fingerprint density at radius 2 is 1.86 bits per heavy atom. The highest BCUT2D eigenvalue weighted by Crippen LogP contribution is 2.31. The van der Waals surface area contributed by atoms with Gasteiger partial charge >= 0.3 is 0 Å². The Hall–Kier alpha value is -0.410. The third-order valence-corrected chi connectivity index (χ3v) is 2.81. The highest BCUT2D eigenvalue weighted by molar-refractivity contribution is 9.10. The third kappa shape index (κ3) is 2.79. The molecule has 0 saturated heterocycles. The molecule has 0 fully saturated rings. The fraction of sp³-hybridized carbons (Fsp3) is 0.455. The van der Waals surface area contributed by atoms with Crippen LogP contribution in [0.25, 0.3) is 0 Å². The molecule has 1 aromatic carbocycles. The molecule has 1 rings (SSSR count). The third-order valence-electron chi connectivity index (χ3n) is 2.28. The molecule has 0 aliphatic rings. The van der Waals surface area contributed by atoms with Crippen molar-refractivity contribution >= 4 is 15.9 Å². The van der Waals surface area contributed by atoms with Crippen molar-refractivity contribution in [2.24, 2.45) is 0 Å². The fourth-order valence-electron chi connectivity index (χ4n) is 1.41. The van der Waals surface area contributed by atoms with E-state index in [4.69, 9.17) is 5.11 Å². The first-order valence-electron chi connectivity index (χ1n) is 4.50. The van der Waals surface area contributed by atoms with Crippen molar-refractivity contribution in [3.8, 4) is 0 Å². The minimum absolute atomic E-state index is 0.175. The van der Waals surface area contributed by atoms with E-state index in [1.165, 1.54) is 13.8 Å². The van der Waals surface area contributed by atoms with Gasteiger partial charge in [0.1, 0.15) is 5.67 Å². The van der Waals surface area contributed by atoms with Gasteiger partial charge in [0.05, 0.1) is 6.61 Å². The SMILES string of the molecule is CC(C)(F)C(CO)c1ccc(Br)cc1. The number of alkyl halides is 1. The van der Waals surface area contributed by atoms with Crippen molar-refractivity contribution in [2.45, 2.75) is 25.4 Å². The minimum Gasteiger partial charge on any atom is -0.396 e. The van der Waals surface area contributed by atoms with E-state index in [-0.39, 0.29) is 6.61 Å². The summed E-state index contributed by atoms with van der Waals surface area (Å²) in [5.74, 6) is -0.462. The molecule has 0 aromatic heterocycles. The van der Waals surface area contributed by atoms with Gasteiger partial charge in [0, 0.05) is 10.4 Å². The predicted octanol–water partition coefficient (Wildman–Crippen LogP) is 3.27. The molecular weight excluding hydrogens is 247 g/mol. The topological polar surface area (TPSA) is 20.2 Å². The first-order chi connectivity index (χ1) is 6.45. The van der Waals surface area contributed by atoms with Gasteiger partial charge in [-0.15, -0.1) is 0 Å². The van der Waals surface area contributed by atoms with Crippen LogP contribution in [0, 0.1) is 0 Å². The van der Waals surface area contributed by atoms with Crippen LogP contribution in [0.2, 0.25) is 0 Å². The number of aliphatic hydroxyl groups is 1. The van der Waals surface area contributed by atoms with Gasteiger partial charge in [0.15, 0.2) is 0 Å². The quantitative estimate of drug-likeness (QED) is 0.885. The number of benzene rings is 1. The smallest absolute Gasteiger partial charge is 0.114 e. The summed E-state index contributed by atoms with van der Waals surface area (Å²) in [6.07, 6.45) is 0. The van der Waals surface area contributed by atoms with Gasteiger partial charge in [-0.2, -0.15) is 0 Å². The van der Waals surface area contributed by atoms with E-state index < -0.39 is 11.6 Å². The van der Waals surface area contributed by atoms with E-state index in [0.717, 1.165) is 10.0 Å². The Morgan fingerprint density at radius 3 is 2.21 bits per heavy atom. The molecule has 0 aliphatic heterocycles. The van der Waals surface area contributed by atoms with Gasteiger partial charge in [-0.3, -0.25) is 0 Å². The summed E-state index contributed by atoms with van der Waals surface area (Å²) in [5, 5.41) is 9.13. The van der Waals surface area contributed by atoms with Gasteiger partial charge in [-0.1, -0.05) is 28.1 Å². The highest BCUT2D eigenvalue weighted by Gasteiger charge is 2.29. The van der Waals surface area contributed by atoms with E-state index in [9.17, 15) is 4.39 Å². The minimum atomic E-state index is -1.40. The average molecular weight is 261 g/mol. The monoisotopic (exact) mass is 260 g/mol. The number of rotatable bonds is 3. The van der Waals surface area contributed by atoms with Crippen molar-refractivity contribution in [3.05, 3.63) is 34.3 Å². The fourth-order valence-corrected chi connectivity index (χ4v) is 1.68. The maximum atomic E-state index is 13.7. The van der Waals surface area contributed by atoms with Crippen LogP contribution in [0.1, 0.15) is 25.3 Å². The molecule has 1 unspecified atom stereocenters. The van der Waals surface area contributed by atoms with E-state index in [2.05, 4.69) is 15.9 Å². The molecule has 0 amide bonds. The lowest BCUT2D eigenvalue weighted by Gasteiger charge is -2.25. The van der Waals surface area contributed by atoms with E-state index >= 15 is 0 Å². The first-order valence-corrected chi connectivity index (χ1v) is 5.29. The summed E-state index contributed by atoms with van der Waals surface area (Å²) in [6.45, 7) is 2.79. The van der Waals surface area contributed by atoms with Crippen LogP contribution in [0.5, 0.6) is 0 Å². The Labute approximate surface area is 92.1 Å². The molecule has 14 heavy (non-hydrogen) atoms. The van der Waals surface area contributed by atoms with E-state index in [1.807, 2.05) is 24.3 Å². The molecule has 3 heteroatoms. The van der Waals surface area contributed by atoms with Gasteiger partial charge in [0.2, 0.25) is 0 Å². The normalized spacial score (nSPS) is 14.1. The largest absolute Gasteiger partial charge is 0.396 e. The summed E-state index contributed by atoms with van der Waals surface area (Å²) >= 11 is 3.31. The lowest BCUT2D eigenvalue weighted by atomic mass is 9.87. The van der Waals surface area contributed by atoms with Gasteiger partial charge < -0.3 is 5.11 Å². The second-order valence-corrected chi connectivity index (χ2v) is 4.77. The van der Waals surface area contributed by atoms with Crippen LogP contribution in [-0.2, 0) is 0 Å². The van der Waals surface area contributed by atoms with E-state index in [0.29, 0.717) is 0 Å². The average Bonchev–Trinajstić information content (AvgIpc) is 2.07. The van der Waals surface area contributed by atoms with Gasteiger partial charge in [-0.25, -0.2) is 4.39 Å². The van der Waals surface area contributed by atoms with Crippen molar-refractivity contribution < 1.29 is 9.50 Å². The summed E-state index contributed by atoms with van der Waals surface area (Å²) in [5.41, 5.74) is -0.578. The molecule has 78 valence electrons. The number of hydrogen-bond donors (Lipinski definition) is 1. The summed E-state index contributed by atoms with van der Waals surface area (Å²) in [6, 6.07) is 7.35. The molecule has 1 atom stereocenters. The van der Waals surface area contributed by atoms with Crippen LogP contribution >= 0.6 is 15.9 Å². The van der Waals surface area contributed by atoms with Crippen LogP contribution in [0.15, 0.2) is 28.7 Å². The first kappa shape index (κ1) is 11.7. The van der Waals surface area contributed by atoms with Crippen molar-refractivity contribution in [2.75, 3.05) is 6.61 Å². The molecule has 1 N–H and O–H groups in total. The molecule has 0 spiro atoms. The molecule has 0 heterocycles. The number of halogens is 2. The van der Waals surface area contributed by atoms with Crippen LogP contribution < -0.4 is 0 Å². The zero-order valence-corrected chi connectivity index (χ0v) is 9.88. The standard InChI is InChI=1S/C11H14BrFO/c1-11(2,13)10(7-14)8-3-5-9(12)6-4-8/h3-6,10,14H,7H2,1-2H3. The molecule has 1 nitrogen and oxygen atoms in total. The van der Waals surface area contributed by atoms with Crippen molar-refractivity contribution in [3.63, 3.8) is 0 Å². The van der Waals surface area contributed by atoms with Gasteiger partial charge in [-0.05, 0) is 31.5 Å². The number of hydrogen-bond acceptors (Lipinski definition) is 1. The van der Waals surface area contributed by atoms with Crippen LogP contribution in [-0.4, -0.2) is 17.4 Å². The molecule has 0 bridgehead atoms. The van der Waals surface area contributed by atoms with Crippen LogP contribution in [0.3, 0.4) is 0 Å². The molecule has 0 radical (unpaired) electrons.